The molecule has 0 spiro atoms. The summed E-state index contributed by atoms with van der Waals surface area (Å²) in [6, 6.07) is 3.23. The van der Waals surface area contributed by atoms with Crippen LogP contribution in [0.3, 0.4) is 0 Å². The number of anilines is 3. The maximum absolute atomic E-state index is 6.21. The average Bonchev–Trinajstić information content (AvgIpc) is 2.82. The van der Waals surface area contributed by atoms with Gasteiger partial charge >= 0.3 is 0 Å². The van der Waals surface area contributed by atoms with Crippen molar-refractivity contribution >= 4 is 63.3 Å². The maximum atomic E-state index is 6.21. The number of hydrogen-bond acceptors (Lipinski definition) is 6. The summed E-state index contributed by atoms with van der Waals surface area (Å²) in [6.45, 7) is 1.75. The molecule has 1 aliphatic rings. The van der Waals surface area contributed by atoms with Gasteiger partial charge in [0.25, 0.3) is 0 Å². The van der Waals surface area contributed by atoms with Gasteiger partial charge in [-0.3, -0.25) is 0 Å². The summed E-state index contributed by atoms with van der Waals surface area (Å²) in [5.74, 6) is 1.47. The van der Waals surface area contributed by atoms with Gasteiger partial charge in [0.05, 0.1) is 27.1 Å². The standard InChI is InChI=1S/C11H8Cl2N6S/c1-4-15-7(14)3-8(16-4)17-9-5(12)2-6(13)10-11(9)19-20-18-10/h2-3H,1H3,(H3,14,15,16,17). The molecule has 9 heteroatoms. The molecular weight excluding hydrogens is 319 g/mol. The highest BCUT2D eigenvalue weighted by atomic mass is 35.5. The summed E-state index contributed by atoms with van der Waals surface area (Å²) in [5, 5.41) is 3.99. The normalized spacial score (nSPS) is 12.2. The Hall–Kier alpha value is -1.70. The molecule has 0 amide bonds. The van der Waals surface area contributed by atoms with Gasteiger partial charge in [0, 0.05) is 6.07 Å². The predicted octanol–water partition coefficient (Wildman–Crippen LogP) is 4.14. The molecular formula is C11H8Cl2N6S. The van der Waals surface area contributed by atoms with E-state index in [1.807, 2.05) is 0 Å². The van der Waals surface area contributed by atoms with Crippen molar-refractivity contribution in [2.75, 3.05) is 11.1 Å². The first-order valence-electron chi connectivity index (χ1n) is 5.53. The first-order chi connectivity index (χ1) is 9.54. The van der Waals surface area contributed by atoms with Gasteiger partial charge in [-0.15, -0.1) is 0 Å². The quantitative estimate of drug-likeness (QED) is 0.740. The van der Waals surface area contributed by atoms with Gasteiger partial charge < -0.3 is 11.1 Å². The second-order valence-electron chi connectivity index (χ2n) is 4.03. The Morgan fingerprint density at radius 1 is 1.10 bits per heavy atom. The molecule has 0 saturated carbocycles. The van der Waals surface area contributed by atoms with Crippen molar-refractivity contribution < 1.29 is 0 Å². The van der Waals surface area contributed by atoms with Crippen LogP contribution in [0.2, 0.25) is 10.0 Å². The molecule has 0 atom stereocenters. The summed E-state index contributed by atoms with van der Waals surface area (Å²) in [5.41, 5.74) is 7.49. The second-order valence-corrected chi connectivity index (χ2v) is 5.37. The van der Waals surface area contributed by atoms with Crippen LogP contribution in [0.4, 0.5) is 28.7 Å². The summed E-state index contributed by atoms with van der Waals surface area (Å²) in [6.07, 6.45) is 0. The molecule has 2 heterocycles. The molecule has 6 nitrogen and oxygen atoms in total. The molecule has 3 N–H and O–H groups in total. The van der Waals surface area contributed by atoms with E-state index in [1.165, 1.54) is 0 Å². The molecule has 3 rings (SSSR count). The molecule has 0 unspecified atom stereocenters. The first kappa shape index (κ1) is 13.3. The number of aryl methyl sites for hydroxylation is 1. The minimum Gasteiger partial charge on any atom is -0.384 e. The first-order valence-corrected chi connectivity index (χ1v) is 7.01. The Kier molecular flexibility index (Phi) is 3.33. The Morgan fingerprint density at radius 3 is 2.60 bits per heavy atom. The number of hydrogen-bond donors (Lipinski definition) is 2. The Balaban J connectivity index is 2.08. The summed E-state index contributed by atoms with van der Waals surface area (Å²) >= 11 is 13.4. The van der Waals surface area contributed by atoms with Crippen molar-refractivity contribution in [3.63, 3.8) is 0 Å². The highest BCUT2D eigenvalue weighted by Crippen LogP contribution is 2.48. The molecule has 1 aliphatic heterocycles. The number of nitrogens with two attached hydrogens (primary N) is 1. The lowest BCUT2D eigenvalue weighted by Crippen LogP contribution is -2.01. The molecule has 0 fully saturated rings. The number of fused-ring (bicyclic) bond motifs is 1. The predicted molar refractivity (Wildman–Crippen MR) is 82.5 cm³/mol. The zero-order valence-electron chi connectivity index (χ0n) is 10.2. The number of halogens is 2. The van der Waals surface area contributed by atoms with Gasteiger partial charge in [0.1, 0.15) is 28.8 Å². The van der Waals surface area contributed by atoms with E-state index >= 15 is 0 Å². The van der Waals surface area contributed by atoms with Crippen molar-refractivity contribution in [2.24, 2.45) is 8.73 Å². The third-order valence-corrected chi connectivity index (χ3v) is 3.67. The molecule has 0 bridgehead atoms. The lowest BCUT2D eigenvalue weighted by molar-refractivity contribution is 1.06. The SMILES string of the molecule is Cc1nc(N)cc(Nc2c(Cl)cc(Cl)c3c2N=S=N3)n1. The summed E-state index contributed by atoms with van der Waals surface area (Å²) in [7, 11) is 0. The van der Waals surface area contributed by atoms with Crippen LogP contribution in [0, 0.1) is 6.92 Å². The van der Waals surface area contributed by atoms with Crippen LogP contribution >= 0.6 is 23.2 Å². The highest BCUT2D eigenvalue weighted by molar-refractivity contribution is 7.58. The van der Waals surface area contributed by atoms with Crippen LogP contribution in [0.5, 0.6) is 0 Å². The zero-order valence-corrected chi connectivity index (χ0v) is 12.5. The molecule has 102 valence electrons. The molecule has 2 aromatic rings. The Bertz CT molecular complexity index is 765. The van der Waals surface area contributed by atoms with E-state index in [0.29, 0.717) is 44.6 Å². The zero-order chi connectivity index (χ0) is 14.3. The van der Waals surface area contributed by atoms with Gasteiger partial charge in [-0.05, 0) is 13.0 Å². The number of aromatic nitrogens is 2. The van der Waals surface area contributed by atoms with E-state index in [1.54, 1.807) is 19.1 Å². The summed E-state index contributed by atoms with van der Waals surface area (Å²) in [4.78, 5) is 8.26. The summed E-state index contributed by atoms with van der Waals surface area (Å²) < 4.78 is 8.35. The molecule has 1 aromatic carbocycles. The van der Waals surface area contributed by atoms with Crippen molar-refractivity contribution in [1.82, 2.24) is 9.97 Å². The topological polar surface area (TPSA) is 88.5 Å². The van der Waals surface area contributed by atoms with E-state index < -0.39 is 0 Å². The molecule has 0 aliphatic carbocycles. The minimum absolute atomic E-state index is 0.373. The molecule has 1 aromatic heterocycles. The van der Waals surface area contributed by atoms with Crippen LogP contribution in [0.1, 0.15) is 5.82 Å². The Morgan fingerprint density at radius 2 is 1.85 bits per heavy atom. The van der Waals surface area contributed by atoms with Crippen molar-refractivity contribution in [3.8, 4) is 0 Å². The van der Waals surface area contributed by atoms with Crippen LogP contribution in [0.25, 0.3) is 0 Å². The third kappa shape index (κ3) is 2.35. The third-order valence-electron chi connectivity index (χ3n) is 2.55. The number of nitrogens with zero attached hydrogens (tertiary/aromatic N) is 4. The van der Waals surface area contributed by atoms with E-state index in [2.05, 4.69) is 24.0 Å². The second kappa shape index (κ2) is 5.01. The smallest absolute Gasteiger partial charge is 0.136 e. The van der Waals surface area contributed by atoms with Gasteiger partial charge in [0.2, 0.25) is 0 Å². The maximum Gasteiger partial charge on any atom is 0.136 e. The monoisotopic (exact) mass is 326 g/mol. The average molecular weight is 327 g/mol. The van der Waals surface area contributed by atoms with E-state index in [4.69, 9.17) is 28.9 Å². The number of rotatable bonds is 2. The van der Waals surface area contributed by atoms with E-state index in [9.17, 15) is 0 Å². The van der Waals surface area contributed by atoms with Crippen molar-refractivity contribution in [3.05, 3.63) is 28.0 Å². The van der Waals surface area contributed by atoms with Gasteiger partial charge in [-0.1, -0.05) is 23.2 Å². The molecule has 0 saturated heterocycles. The highest BCUT2D eigenvalue weighted by Gasteiger charge is 2.19. The van der Waals surface area contributed by atoms with Crippen LogP contribution in [-0.4, -0.2) is 9.97 Å². The molecule has 20 heavy (non-hydrogen) atoms. The van der Waals surface area contributed by atoms with Gasteiger partial charge in [0.15, 0.2) is 0 Å². The van der Waals surface area contributed by atoms with Crippen LogP contribution in [0.15, 0.2) is 20.9 Å². The van der Waals surface area contributed by atoms with Gasteiger partial charge in [-0.25, -0.2) is 9.97 Å². The Labute approximate surface area is 128 Å². The fourth-order valence-electron chi connectivity index (χ4n) is 1.78. The number of nitrogen functional groups attached to an aromatic ring is 1. The number of nitrogens with one attached hydrogen (secondary N) is 1. The van der Waals surface area contributed by atoms with Crippen molar-refractivity contribution in [1.29, 1.82) is 0 Å². The largest absolute Gasteiger partial charge is 0.384 e. The van der Waals surface area contributed by atoms with Crippen molar-refractivity contribution in [2.45, 2.75) is 6.92 Å². The number of benzene rings is 1. The van der Waals surface area contributed by atoms with E-state index in [-0.39, 0.29) is 0 Å². The lowest BCUT2D eigenvalue weighted by atomic mass is 10.2. The van der Waals surface area contributed by atoms with Gasteiger partial charge in [-0.2, -0.15) is 8.73 Å². The fraction of sp³-hybridized carbons (Fsp3) is 0.0909. The van der Waals surface area contributed by atoms with Crippen LogP contribution < -0.4 is 11.1 Å². The fourth-order valence-corrected chi connectivity index (χ4v) is 2.94. The minimum atomic E-state index is 0.373. The molecule has 0 radical (unpaired) electrons. The van der Waals surface area contributed by atoms with Crippen LogP contribution in [-0.2, 0) is 11.4 Å². The lowest BCUT2D eigenvalue weighted by Gasteiger charge is -2.12. The van der Waals surface area contributed by atoms with E-state index in [0.717, 1.165) is 11.4 Å².